The predicted octanol–water partition coefficient (Wildman–Crippen LogP) is 2.88. The number of nitrogens with two attached hydrogens (primary N) is 1. The first-order chi connectivity index (χ1) is 9.08. The van der Waals surface area contributed by atoms with Gasteiger partial charge >= 0.3 is 0 Å². The fourth-order valence-corrected chi connectivity index (χ4v) is 2.05. The summed E-state index contributed by atoms with van der Waals surface area (Å²) in [6.07, 6.45) is 4.75. The lowest BCUT2D eigenvalue weighted by Crippen LogP contribution is -2.18. The molecule has 1 atom stereocenters. The standard InChI is InChI=1S/C14H25N5/c1-9(2)4-5-10(3)16-12-8-13(19-15)18-14(17-12)11-6-7-11/h8-11H,4-7,15H2,1-3H3,(H2,16,17,18,19). The molecule has 0 spiro atoms. The third-order valence-corrected chi connectivity index (χ3v) is 3.41. The zero-order valence-electron chi connectivity index (χ0n) is 12.1. The zero-order valence-corrected chi connectivity index (χ0v) is 12.1. The van der Waals surface area contributed by atoms with Crippen LogP contribution in [0.4, 0.5) is 11.6 Å². The lowest BCUT2D eigenvalue weighted by Gasteiger charge is -2.16. The molecular weight excluding hydrogens is 238 g/mol. The molecular formula is C14H25N5. The van der Waals surface area contributed by atoms with Crippen LogP contribution in [0.15, 0.2) is 6.07 Å². The molecule has 0 bridgehead atoms. The number of aromatic nitrogens is 2. The van der Waals surface area contributed by atoms with Crippen molar-refractivity contribution in [2.45, 2.75) is 58.4 Å². The summed E-state index contributed by atoms with van der Waals surface area (Å²) >= 11 is 0. The second kappa shape index (κ2) is 6.19. The van der Waals surface area contributed by atoms with Crippen LogP contribution in [-0.4, -0.2) is 16.0 Å². The van der Waals surface area contributed by atoms with Crippen LogP contribution < -0.4 is 16.6 Å². The van der Waals surface area contributed by atoms with Crippen molar-refractivity contribution in [1.82, 2.24) is 9.97 Å². The minimum Gasteiger partial charge on any atom is -0.367 e. The van der Waals surface area contributed by atoms with Gasteiger partial charge in [-0.25, -0.2) is 15.8 Å². The van der Waals surface area contributed by atoms with E-state index in [1.807, 2.05) is 6.07 Å². The maximum atomic E-state index is 5.47. The molecule has 1 fully saturated rings. The number of nitrogens with one attached hydrogen (secondary N) is 2. The molecule has 1 aliphatic carbocycles. The minimum atomic E-state index is 0.412. The van der Waals surface area contributed by atoms with Gasteiger partial charge in [-0.1, -0.05) is 13.8 Å². The SMILES string of the molecule is CC(C)CCC(C)Nc1cc(NN)nc(C2CC2)n1. The fourth-order valence-electron chi connectivity index (χ4n) is 2.05. The Morgan fingerprint density at radius 3 is 2.47 bits per heavy atom. The normalized spacial score (nSPS) is 16.5. The Labute approximate surface area is 115 Å². The Morgan fingerprint density at radius 1 is 1.21 bits per heavy atom. The van der Waals surface area contributed by atoms with Crippen LogP contribution in [0.1, 0.15) is 58.2 Å². The van der Waals surface area contributed by atoms with E-state index in [4.69, 9.17) is 5.84 Å². The Morgan fingerprint density at radius 2 is 1.89 bits per heavy atom. The third-order valence-electron chi connectivity index (χ3n) is 3.41. The van der Waals surface area contributed by atoms with Gasteiger partial charge in [0.05, 0.1) is 0 Å². The van der Waals surface area contributed by atoms with E-state index in [0.717, 1.165) is 24.0 Å². The molecule has 1 aliphatic rings. The number of anilines is 2. The molecule has 0 saturated heterocycles. The van der Waals surface area contributed by atoms with E-state index in [0.29, 0.717) is 17.8 Å². The van der Waals surface area contributed by atoms with Crippen molar-refractivity contribution in [1.29, 1.82) is 0 Å². The topological polar surface area (TPSA) is 75.9 Å². The molecule has 0 aliphatic heterocycles. The predicted molar refractivity (Wildman–Crippen MR) is 79.0 cm³/mol. The molecule has 5 heteroatoms. The summed E-state index contributed by atoms with van der Waals surface area (Å²) in [6, 6.07) is 2.28. The van der Waals surface area contributed by atoms with Crippen molar-refractivity contribution in [3.8, 4) is 0 Å². The minimum absolute atomic E-state index is 0.412. The maximum Gasteiger partial charge on any atom is 0.145 e. The second-order valence-electron chi connectivity index (χ2n) is 5.93. The molecule has 0 aromatic carbocycles. The van der Waals surface area contributed by atoms with E-state index < -0.39 is 0 Å². The Kier molecular flexibility index (Phi) is 4.58. The summed E-state index contributed by atoms with van der Waals surface area (Å²) in [5.74, 6) is 9.21. The smallest absolute Gasteiger partial charge is 0.145 e. The first kappa shape index (κ1) is 14.1. The molecule has 106 valence electrons. The number of rotatable bonds is 7. The number of nitrogens with zero attached hydrogens (tertiary/aromatic N) is 2. The Balaban J connectivity index is 2.00. The van der Waals surface area contributed by atoms with Crippen LogP contribution >= 0.6 is 0 Å². The van der Waals surface area contributed by atoms with E-state index in [1.54, 1.807) is 0 Å². The molecule has 5 nitrogen and oxygen atoms in total. The zero-order chi connectivity index (χ0) is 13.8. The summed E-state index contributed by atoms with van der Waals surface area (Å²) in [4.78, 5) is 9.00. The van der Waals surface area contributed by atoms with Gasteiger partial charge in [-0.05, 0) is 38.5 Å². The molecule has 2 rings (SSSR count). The van der Waals surface area contributed by atoms with Gasteiger partial charge in [0.15, 0.2) is 0 Å². The molecule has 1 aromatic heterocycles. The van der Waals surface area contributed by atoms with Gasteiger partial charge in [-0.15, -0.1) is 0 Å². The van der Waals surface area contributed by atoms with Gasteiger partial charge in [-0.3, -0.25) is 0 Å². The highest BCUT2D eigenvalue weighted by atomic mass is 15.3. The largest absolute Gasteiger partial charge is 0.367 e. The van der Waals surface area contributed by atoms with Gasteiger partial charge in [0.1, 0.15) is 17.5 Å². The van der Waals surface area contributed by atoms with Gasteiger partial charge in [0.2, 0.25) is 0 Å². The van der Waals surface area contributed by atoms with E-state index in [2.05, 4.69) is 41.5 Å². The molecule has 0 amide bonds. The summed E-state index contributed by atoms with van der Waals surface area (Å²) < 4.78 is 0. The van der Waals surface area contributed by atoms with Gasteiger partial charge < -0.3 is 10.7 Å². The van der Waals surface area contributed by atoms with Crippen LogP contribution in [-0.2, 0) is 0 Å². The third kappa shape index (κ3) is 4.35. The first-order valence-electron chi connectivity index (χ1n) is 7.20. The van der Waals surface area contributed by atoms with E-state index in [1.165, 1.54) is 19.3 Å². The highest BCUT2D eigenvalue weighted by Crippen LogP contribution is 2.38. The second-order valence-corrected chi connectivity index (χ2v) is 5.93. The maximum absolute atomic E-state index is 5.47. The van der Waals surface area contributed by atoms with Gasteiger partial charge in [0, 0.05) is 18.0 Å². The van der Waals surface area contributed by atoms with Crippen LogP contribution in [0, 0.1) is 5.92 Å². The van der Waals surface area contributed by atoms with E-state index in [-0.39, 0.29) is 0 Å². The van der Waals surface area contributed by atoms with E-state index >= 15 is 0 Å². The van der Waals surface area contributed by atoms with Crippen molar-refractivity contribution >= 4 is 11.6 Å². The van der Waals surface area contributed by atoms with Crippen LogP contribution in [0.3, 0.4) is 0 Å². The summed E-state index contributed by atoms with van der Waals surface area (Å²) in [7, 11) is 0. The Hall–Kier alpha value is -1.36. The molecule has 1 saturated carbocycles. The summed E-state index contributed by atoms with van der Waals surface area (Å²) in [6.45, 7) is 6.69. The van der Waals surface area contributed by atoms with Crippen molar-refractivity contribution in [2.24, 2.45) is 11.8 Å². The number of hydrogen-bond donors (Lipinski definition) is 3. The highest BCUT2D eigenvalue weighted by Gasteiger charge is 2.27. The van der Waals surface area contributed by atoms with Gasteiger partial charge in [-0.2, -0.15) is 0 Å². The average Bonchev–Trinajstić information content (AvgIpc) is 3.20. The monoisotopic (exact) mass is 263 g/mol. The molecule has 1 aromatic rings. The molecule has 1 unspecified atom stereocenters. The van der Waals surface area contributed by atoms with Crippen LogP contribution in [0.5, 0.6) is 0 Å². The van der Waals surface area contributed by atoms with Crippen LogP contribution in [0.25, 0.3) is 0 Å². The van der Waals surface area contributed by atoms with Crippen LogP contribution in [0.2, 0.25) is 0 Å². The molecule has 0 radical (unpaired) electrons. The highest BCUT2D eigenvalue weighted by molar-refractivity contribution is 5.48. The Bertz CT molecular complexity index is 414. The lowest BCUT2D eigenvalue weighted by atomic mass is 10.0. The molecule has 1 heterocycles. The average molecular weight is 263 g/mol. The van der Waals surface area contributed by atoms with Crippen molar-refractivity contribution in [3.63, 3.8) is 0 Å². The summed E-state index contributed by atoms with van der Waals surface area (Å²) in [5, 5.41) is 3.45. The van der Waals surface area contributed by atoms with Crippen molar-refractivity contribution in [3.05, 3.63) is 11.9 Å². The number of hydrazine groups is 1. The fraction of sp³-hybridized carbons (Fsp3) is 0.714. The van der Waals surface area contributed by atoms with Crippen molar-refractivity contribution in [2.75, 3.05) is 10.7 Å². The molecule has 19 heavy (non-hydrogen) atoms. The summed E-state index contributed by atoms with van der Waals surface area (Å²) in [5.41, 5.74) is 2.62. The lowest BCUT2D eigenvalue weighted by molar-refractivity contribution is 0.527. The molecule has 4 N–H and O–H groups in total. The van der Waals surface area contributed by atoms with Gasteiger partial charge in [0.25, 0.3) is 0 Å². The van der Waals surface area contributed by atoms with E-state index in [9.17, 15) is 0 Å². The number of hydrogen-bond acceptors (Lipinski definition) is 5. The van der Waals surface area contributed by atoms with Crippen molar-refractivity contribution < 1.29 is 0 Å². The quantitative estimate of drug-likeness (QED) is 0.521. The first-order valence-corrected chi connectivity index (χ1v) is 7.20. The number of nitrogen functional groups attached to an aromatic ring is 1.